The van der Waals surface area contributed by atoms with Crippen LogP contribution in [0.5, 0.6) is 0 Å². The molecule has 0 saturated heterocycles. The lowest BCUT2D eigenvalue weighted by Gasteiger charge is -1.97. The molecule has 0 spiro atoms. The third-order valence-corrected chi connectivity index (χ3v) is 2.50. The molecule has 0 fully saturated rings. The molecular weight excluding hydrogens is 148 g/mol. The monoisotopic (exact) mass is 160 g/mol. The Morgan fingerprint density at radius 1 is 1.33 bits per heavy atom. The summed E-state index contributed by atoms with van der Waals surface area (Å²) in [6.45, 7) is 2.25. The maximum atomic E-state index is 10.5. The third-order valence-electron chi connectivity index (χ3n) is 2.50. The van der Waals surface area contributed by atoms with Gasteiger partial charge in [0.05, 0.1) is 0 Å². The van der Waals surface area contributed by atoms with E-state index >= 15 is 0 Å². The SMILES string of the molecule is CC1Cc2ccc(C=O)cc2C1. The summed E-state index contributed by atoms with van der Waals surface area (Å²) >= 11 is 0. The minimum Gasteiger partial charge on any atom is -0.298 e. The first-order valence-electron chi connectivity index (χ1n) is 4.36. The summed E-state index contributed by atoms with van der Waals surface area (Å²) in [5.41, 5.74) is 3.60. The molecule has 0 bridgehead atoms. The highest BCUT2D eigenvalue weighted by molar-refractivity contribution is 5.75. The lowest BCUT2D eigenvalue weighted by molar-refractivity contribution is 0.112. The van der Waals surface area contributed by atoms with E-state index in [1.165, 1.54) is 17.5 Å². The van der Waals surface area contributed by atoms with Crippen LogP contribution in [-0.4, -0.2) is 6.29 Å². The molecule has 1 heteroatoms. The number of hydrogen-bond donors (Lipinski definition) is 0. The fourth-order valence-electron chi connectivity index (χ4n) is 1.93. The van der Waals surface area contributed by atoms with Gasteiger partial charge in [-0.25, -0.2) is 0 Å². The molecule has 0 aliphatic heterocycles. The molecule has 0 aromatic heterocycles. The fourth-order valence-corrected chi connectivity index (χ4v) is 1.93. The van der Waals surface area contributed by atoms with Gasteiger partial charge < -0.3 is 0 Å². The van der Waals surface area contributed by atoms with Crippen LogP contribution in [0.2, 0.25) is 0 Å². The van der Waals surface area contributed by atoms with Gasteiger partial charge in [-0.1, -0.05) is 19.1 Å². The van der Waals surface area contributed by atoms with Gasteiger partial charge >= 0.3 is 0 Å². The van der Waals surface area contributed by atoms with E-state index in [1.54, 1.807) is 0 Å². The van der Waals surface area contributed by atoms with Crippen LogP contribution >= 0.6 is 0 Å². The Morgan fingerprint density at radius 2 is 2.08 bits per heavy atom. The number of benzene rings is 1. The van der Waals surface area contributed by atoms with E-state index in [1.807, 2.05) is 12.1 Å². The van der Waals surface area contributed by atoms with Crippen molar-refractivity contribution >= 4 is 6.29 Å². The Labute approximate surface area is 72.4 Å². The Kier molecular flexibility index (Phi) is 1.72. The van der Waals surface area contributed by atoms with Gasteiger partial charge in [0.1, 0.15) is 6.29 Å². The highest BCUT2D eigenvalue weighted by Gasteiger charge is 2.17. The van der Waals surface area contributed by atoms with Gasteiger partial charge in [0.15, 0.2) is 0 Å². The van der Waals surface area contributed by atoms with Crippen molar-refractivity contribution in [3.63, 3.8) is 0 Å². The Morgan fingerprint density at radius 3 is 2.83 bits per heavy atom. The van der Waals surface area contributed by atoms with Crippen molar-refractivity contribution in [2.45, 2.75) is 19.8 Å². The van der Waals surface area contributed by atoms with Crippen LogP contribution in [0.3, 0.4) is 0 Å². The summed E-state index contributed by atoms with van der Waals surface area (Å²) in [6.07, 6.45) is 3.23. The van der Waals surface area contributed by atoms with Crippen LogP contribution in [0.25, 0.3) is 0 Å². The van der Waals surface area contributed by atoms with Crippen LogP contribution in [0, 0.1) is 5.92 Å². The zero-order valence-electron chi connectivity index (χ0n) is 7.21. The summed E-state index contributed by atoms with van der Waals surface area (Å²) in [7, 11) is 0. The van der Waals surface area contributed by atoms with Crippen LogP contribution in [0.1, 0.15) is 28.4 Å². The van der Waals surface area contributed by atoms with Crippen molar-refractivity contribution in [1.29, 1.82) is 0 Å². The second-order valence-corrected chi connectivity index (χ2v) is 3.66. The third kappa shape index (κ3) is 1.15. The predicted molar refractivity (Wildman–Crippen MR) is 48.4 cm³/mol. The molecule has 1 aromatic carbocycles. The molecule has 0 heterocycles. The van der Waals surface area contributed by atoms with E-state index in [-0.39, 0.29) is 0 Å². The minimum atomic E-state index is 0.752. The van der Waals surface area contributed by atoms with E-state index in [0.717, 1.165) is 24.2 Å². The van der Waals surface area contributed by atoms with Gasteiger partial charge in [-0.15, -0.1) is 0 Å². The molecule has 1 unspecified atom stereocenters. The highest BCUT2D eigenvalue weighted by atomic mass is 16.1. The normalized spacial score (nSPS) is 20.6. The number of aldehydes is 1. The molecule has 0 saturated carbocycles. The largest absolute Gasteiger partial charge is 0.298 e. The average Bonchev–Trinajstić information content (AvgIpc) is 2.43. The zero-order chi connectivity index (χ0) is 8.55. The lowest BCUT2D eigenvalue weighted by atomic mass is 10.1. The number of fused-ring (bicyclic) bond motifs is 1. The van der Waals surface area contributed by atoms with E-state index < -0.39 is 0 Å². The molecule has 1 aliphatic carbocycles. The summed E-state index contributed by atoms with van der Waals surface area (Å²) in [5.74, 6) is 0.752. The molecule has 0 N–H and O–H groups in total. The average molecular weight is 160 g/mol. The van der Waals surface area contributed by atoms with Gasteiger partial charge in [-0.3, -0.25) is 4.79 Å². The minimum absolute atomic E-state index is 0.752. The van der Waals surface area contributed by atoms with Crippen molar-refractivity contribution < 1.29 is 4.79 Å². The Balaban J connectivity index is 2.41. The van der Waals surface area contributed by atoms with Crippen molar-refractivity contribution in [2.24, 2.45) is 5.92 Å². The van der Waals surface area contributed by atoms with Crippen molar-refractivity contribution in [3.8, 4) is 0 Å². The first-order valence-corrected chi connectivity index (χ1v) is 4.36. The van der Waals surface area contributed by atoms with Crippen LogP contribution in [-0.2, 0) is 12.8 Å². The summed E-state index contributed by atoms with van der Waals surface area (Å²) < 4.78 is 0. The number of rotatable bonds is 1. The first-order chi connectivity index (χ1) is 5.79. The topological polar surface area (TPSA) is 17.1 Å². The molecule has 12 heavy (non-hydrogen) atoms. The summed E-state index contributed by atoms with van der Waals surface area (Å²) in [6, 6.07) is 6.01. The van der Waals surface area contributed by atoms with E-state index in [4.69, 9.17) is 0 Å². The molecule has 62 valence electrons. The summed E-state index contributed by atoms with van der Waals surface area (Å²) in [4.78, 5) is 10.5. The van der Waals surface area contributed by atoms with Gasteiger partial charge in [0.25, 0.3) is 0 Å². The first kappa shape index (κ1) is 7.53. The quantitative estimate of drug-likeness (QED) is 0.576. The second kappa shape index (κ2) is 2.74. The van der Waals surface area contributed by atoms with E-state index in [2.05, 4.69) is 13.0 Å². The maximum absolute atomic E-state index is 10.5. The Bertz CT molecular complexity index is 315. The van der Waals surface area contributed by atoms with E-state index in [9.17, 15) is 4.79 Å². The second-order valence-electron chi connectivity index (χ2n) is 3.66. The highest BCUT2D eigenvalue weighted by Crippen LogP contribution is 2.26. The Hall–Kier alpha value is -1.11. The molecule has 1 aliphatic rings. The van der Waals surface area contributed by atoms with Crippen LogP contribution in [0.4, 0.5) is 0 Å². The number of carbonyl (C=O) groups excluding carboxylic acids is 1. The van der Waals surface area contributed by atoms with Gasteiger partial charge in [-0.2, -0.15) is 0 Å². The maximum Gasteiger partial charge on any atom is 0.150 e. The van der Waals surface area contributed by atoms with Gasteiger partial charge in [-0.05, 0) is 36.0 Å². The number of carbonyl (C=O) groups is 1. The van der Waals surface area contributed by atoms with Gasteiger partial charge in [0.2, 0.25) is 0 Å². The van der Waals surface area contributed by atoms with Crippen LogP contribution in [0.15, 0.2) is 18.2 Å². The van der Waals surface area contributed by atoms with Crippen LogP contribution < -0.4 is 0 Å². The molecule has 1 nitrogen and oxygen atoms in total. The summed E-state index contributed by atoms with van der Waals surface area (Å²) in [5, 5.41) is 0. The van der Waals surface area contributed by atoms with Crippen molar-refractivity contribution in [1.82, 2.24) is 0 Å². The smallest absolute Gasteiger partial charge is 0.150 e. The molecule has 0 radical (unpaired) electrons. The molecule has 0 amide bonds. The predicted octanol–water partition coefficient (Wildman–Crippen LogP) is 2.23. The zero-order valence-corrected chi connectivity index (χ0v) is 7.21. The standard InChI is InChI=1S/C11H12O/c1-8-4-10-3-2-9(7-12)6-11(10)5-8/h2-3,6-8H,4-5H2,1H3. The van der Waals surface area contributed by atoms with E-state index in [0.29, 0.717) is 0 Å². The lowest BCUT2D eigenvalue weighted by Crippen LogP contribution is -1.89. The molecule has 1 aromatic rings. The number of hydrogen-bond acceptors (Lipinski definition) is 1. The van der Waals surface area contributed by atoms with Crippen molar-refractivity contribution in [3.05, 3.63) is 34.9 Å². The molecular formula is C11H12O. The fraction of sp³-hybridized carbons (Fsp3) is 0.364. The van der Waals surface area contributed by atoms with Crippen molar-refractivity contribution in [2.75, 3.05) is 0 Å². The van der Waals surface area contributed by atoms with Gasteiger partial charge in [0, 0.05) is 5.56 Å². The molecule has 2 rings (SSSR count). The molecule has 1 atom stereocenters.